The molecule has 0 atom stereocenters. The van der Waals surface area contributed by atoms with Gasteiger partial charge in [-0.3, -0.25) is 19.2 Å². The zero-order valence-corrected chi connectivity index (χ0v) is 22.5. The quantitative estimate of drug-likeness (QED) is 0.195. The predicted molar refractivity (Wildman–Crippen MR) is 152 cm³/mol. The lowest BCUT2D eigenvalue weighted by atomic mass is 10.0. The average molecular weight is 601 g/mol. The molecule has 4 aromatic rings. The summed E-state index contributed by atoms with van der Waals surface area (Å²) in [5.41, 5.74) is 0.299. The van der Waals surface area contributed by atoms with Crippen molar-refractivity contribution in [3.8, 4) is 0 Å². The van der Waals surface area contributed by atoms with Crippen LogP contribution in [0.15, 0.2) is 78.9 Å². The van der Waals surface area contributed by atoms with E-state index in [0.29, 0.717) is 0 Å². The third-order valence-corrected chi connectivity index (χ3v) is 7.30. The van der Waals surface area contributed by atoms with Gasteiger partial charge >= 0.3 is 23.9 Å². The first-order valence-corrected chi connectivity index (χ1v) is 13.2. The number of hydrogen-bond donors (Lipinski definition) is 2. The third-order valence-electron chi connectivity index (χ3n) is 7.30. The Morgan fingerprint density at radius 1 is 0.489 bits per heavy atom. The molecule has 0 unspecified atom stereocenters. The van der Waals surface area contributed by atoms with Crippen LogP contribution in [-0.2, 0) is 9.47 Å². The summed E-state index contributed by atoms with van der Waals surface area (Å²) in [6.45, 7) is 0. The van der Waals surface area contributed by atoms with Crippen LogP contribution in [0.1, 0.15) is 82.9 Å². The molecule has 0 radical (unpaired) electrons. The minimum absolute atomic E-state index is 0.00306. The van der Waals surface area contributed by atoms with Crippen LogP contribution in [0.25, 0.3) is 0 Å². The number of fused-ring (bicyclic) bond motifs is 3. The van der Waals surface area contributed by atoms with E-state index in [2.05, 4.69) is 20.1 Å². The van der Waals surface area contributed by atoms with Crippen LogP contribution in [0.2, 0.25) is 0 Å². The fraction of sp³-hybridized carbons (Fsp3) is 0. The van der Waals surface area contributed by atoms with Crippen LogP contribution in [0.5, 0.6) is 0 Å². The number of nitrogens with zero attached hydrogens (tertiary/aromatic N) is 1. The summed E-state index contributed by atoms with van der Waals surface area (Å²) in [4.78, 5) is 101. The average Bonchev–Trinajstić information content (AvgIpc) is 3.58. The molecule has 7 rings (SSSR count). The van der Waals surface area contributed by atoms with Crippen molar-refractivity contribution in [1.82, 2.24) is 0 Å². The fourth-order valence-corrected chi connectivity index (χ4v) is 5.17. The molecule has 218 valence electrons. The van der Waals surface area contributed by atoms with Crippen molar-refractivity contribution in [2.75, 3.05) is 15.5 Å². The lowest BCUT2D eigenvalue weighted by Crippen LogP contribution is -2.29. The van der Waals surface area contributed by atoms with E-state index in [1.165, 1.54) is 66.7 Å². The summed E-state index contributed by atoms with van der Waals surface area (Å²) in [5.74, 6) is -6.14. The van der Waals surface area contributed by atoms with Gasteiger partial charge in [0.2, 0.25) is 0 Å². The molecule has 4 aromatic carbocycles. The maximum absolute atomic E-state index is 13.2. The van der Waals surface area contributed by atoms with Crippen molar-refractivity contribution in [3.63, 3.8) is 0 Å². The Balaban J connectivity index is 1.24. The second-order valence-electron chi connectivity index (χ2n) is 10.0. The van der Waals surface area contributed by atoms with Crippen molar-refractivity contribution < 1.29 is 47.8 Å². The topological polar surface area (TPSA) is 182 Å². The molecular formula is C32H15N3O10. The molecule has 0 spiro atoms. The Labute approximate surface area is 251 Å². The Hall–Kier alpha value is -6.76. The van der Waals surface area contributed by atoms with Gasteiger partial charge in [-0.05, 0) is 66.7 Å². The van der Waals surface area contributed by atoms with Crippen LogP contribution >= 0.6 is 0 Å². The number of hydrogen-bond acceptors (Lipinski definition) is 10. The van der Waals surface area contributed by atoms with Gasteiger partial charge in [0.1, 0.15) is 0 Å². The smallest absolute Gasteiger partial charge is 0.346 e. The molecule has 13 heteroatoms. The van der Waals surface area contributed by atoms with E-state index in [4.69, 9.17) is 0 Å². The van der Waals surface area contributed by atoms with E-state index in [-0.39, 0.29) is 61.6 Å². The third kappa shape index (κ3) is 4.42. The maximum Gasteiger partial charge on any atom is 0.346 e. The number of rotatable bonds is 5. The summed E-state index contributed by atoms with van der Waals surface area (Å²) in [6.07, 6.45) is 0. The summed E-state index contributed by atoms with van der Waals surface area (Å²) in [5, 5.41) is 5.23. The Kier molecular flexibility index (Phi) is 5.97. The second kappa shape index (κ2) is 9.91. The molecule has 3 heterocycles. The summed E-state index contributed by atoms with van der Waals surface area (Å²) in [6, 6.07) is 17.8. The van der Waals surface area contributed by atoms with Crippen molar-refractivity contribution in [2.45, 2.75) is 0 Å². The molecule has 0 aliphatic carbocycles. The highest BCUT2D eigenvalue weighted by molar-refractivity contribution is 6.34. The predicted octanol–water partition coefficient (Wildman–Crippen LogP) is 3.61. The van der Waals surface area contributed by atoms with Gasteiger partial charge in [0.15, 0.2) is 0 Å². The van der Waals surface area contributed by atoms with Gasteiger partial charge in [0.25, 0.3) is 23.6 Å². The van der Waals surface area contributed by atoms with E-state index in [0.717, 1.165) is 4.90 Å². The lowest BCUT2D eigenvalue weighted by Gasteiger charge is -2.18. The molecule has 0 aromatic heterocycles. The molecule has 0 saturated heterocycles. The largest absolute Gasteiger partial charge is 0.386 e. The highest BCUT2D eigenvalue weighted by atomic mass is 16.6. The summed E-state index contributed by atoms with van der Waals surface area (Å²) < 4.78 is 9.14. The van der Waals surface area contributed by atoms with E-state index >= 15 is 0 Å². The van der Waals surface area contributed by atoms with Gasteiger partial charge in [-0.25, -0.2) is 24.1 Å². The first kappa shape index (κ1) is 27.1. The SMILES string of the molecule is O=C(Nc1cc(NC(=O)c2ccc3c(c2)C(=O)OC3=O)cc(N2C(=O)c3ccccc3C2=O)c1)c1ccc2c(c1)C(=O)OC2=O. The Bertz CT molecular complexity index is 1990. The number of ether oxygens (including phenoxy) is 2. The number of benzene rings is 4. The normalized spacial score (nSPS) is 14.5. The highest BCUT2D eigenvalue weighted by Gasteiger charge is 2.37. The first-order valence-electron chi connectivity index (χ1n) is 13.2. The molecule has 45 heavy (non-hydrogen) atoms. The monoisotopic (exact) mass is 601 g/mol. The van der Waals surface area contributed by atoms with Gasteiger partial charge in [-0.15, -0.1) is 0 Å². The van der Waals surface area contributed by atoms with Crippen LogP contribution in [0.3, 0.4) is 0 Å². The number of carbonyl (C=O) groups is 8. The van der Waals surface area contributed by atoms with Crippen molar-refractivity contribution in [3.05, 3.63) is 123 Å². The number of amides is 4. The highest BCUT2D eigenvalue weighted by Crippen LogP contribution is 2.33. The standard InChI is InChI=1S/C32H15N3O10/c36-25(14-5-7-21-23(9-14)31(42)44-29(21)40)33-16-11-17(34-26(37)15-6-8-22-24(10-15)32(43)45-30(22)41)13-18(12-16)35-27(38)19-3-1-2-4-20(19)28(35)39/h1-13H,(H,33,36)(H,34,37). The Morgan fingerprint density at radius 2 is 0.911 bits per heavy atom. The molecule has 0 fully saturated rings. The lowest BCUT2D eigenvalue weighted by molar-refractivity contribution is 0.0425. The van der Waals surface area contributed by atoms with Gasteiger partial charge in [-0.2, -0.15) is 0 Å². The van der Waals surface area contributed by atoms with Crippen LogP contribution in [0, 0.1) is 0 Å². The zero-order valence-electron chi connectivity index (χ0n) is 22.5. The van der Waals surface area contributed by atoms with E-state index < -0.39 is 47.5 Å². The fourth-order valence-electron chi connectivity index (χ4n) is 5.17. The summed E-state index contributed by atoms with van der Waals surface area (Å²) in [7, 11) is 0. The minimum atomic E-state index is -0.897. The number of imide groups is 1. The summed E-state index contributed by atoms with van der Waals surface area (Å²) >= 11 is 0. The number of carbonyl (C=O) groups excluding carboxylic acids is 8. The molecule has 3 aliphatic rings. The molecule has 0 saturated carbocycles. The van der Waals surface area contributed by atoms with Gasteiger partial charge < -0.3 is 20.1 Å². The maximum atomic E-state index is 13.2. The number of esters is 4. The Morgan fingerprint density at radius 3 is 1.36 bits per heavy atom. The van der Waals surface area contributed by atoms with Crippen LogP contribution in [0.4, 0.5) is 17.1 Å². The van der Waals surface area contributed by atoms with Gasteiger partial charge in [0.05, 0.1) is 39.1 Å². The van der Waals surface area contributed by atoms with Crippen molar-refractivity contribution in [2.24, 2.45) is 0 Å². The number of anilines is 3. The van der Waals surface area contributed by atoms with Crippen molar-refractivity contribution in [1.29, 1.82) is 0 Å². The van der Waals surface area contributed by atoms with E-state index in [9.17, 15) is 38.4 Å². The van der Waals surface area contributed by atoms with Crippen LogP contribution in [-0.4, -0.2) is 47.5 Å². The van der Waals surface area contributed by atoms with E-state index in [1.54, 1.807) is 12.1 Å². The van der Waals surface area contributed by atoms with Crippen LogP contribution < -0.4 is 15.5 Å². The van der Waals surface area contributed by atoms with E-state index in [1.807, 2.05) is 0 Å². The molecule has 13 nitrogen and oxygen atoms in total. The zero-order chi connectivity index (χ0) is 31.6. The molecular weight excluding hydrogens is 586 g/mol. The van der Waals surface area contributed by atoms with Gasteiger partial charge in [-0.1, -0.05) is 12.1 Å². The second-order valence-corrected chi connectivity index (χ2v) is 10.0. The molecule has 2 N–H and O–H groups in total. The number of nitrogens with one attached hydrogen (secondary N) is 2. The first-order chi connectivity index (χ1) is 21.6. The molecule has 0 bridgehead atoms. The molecule has 3 aliphatic heterocycles. The van der Waals surface area contributed by atoms with Gasteiger partial charge in [0, 0.05) is 22.5 Å². The number of cyclic esters (lactones) is 4. The van der Waals surface area contributed by atoms with Crippen molar-refractivity contribution >= 4 is 64.6 Å². The minimum Gasteiger partial charge on any atom is -0.386 e. The molecule has 4 amide bonds.